The molecule has 0 N–H and O–H groups in total. The largest absolute Gasteiger partial charge is 0.458 e. The minimum atomic E-state index is -0.165. The maximum atomic E-state index is 11.4. The van der Waals surface area contributed by atoms with E-state index < -0.39 is 0 Å². The van der Waals surface area contributed by atoms with Crippen LogP contribution in [0.5, 0.6) is 0 Å². The van der Waals surface area contributed by atoms with Gasteiger partial charge in [0.15, 0.2) is 0 Å². The Labute approximate surface area is 102 Å². The molecule has 0 aromatic heterocycles. The second-order valence-corrected chi connectivity index (χ2v) is 5.34. The summed E-state index contributed by atoms with van der Waals surface area (Å²) in [6.45, 7) is 2.20. The van der Waals surface area contributed by atoms with Crippen LogP contribution in [-0.4, -0.2) is 11.6 Å². The molecule has 1 spiro atoms. The third-order valence-corrected chi connectivity index (χ3v) is 4.38. The summed E-state index contributed by atoms with van der Waals surface area (Å²) in [7, 11) is 0. The normalized spacial score (nSPS) is 35.0. The van der Waals surface area contributed by atoms with Crippen molar-refractivity contribution in [3.8, 4) is 0 Å². The van der Waals surface area contributed by atoms with Crippen LogP contribution in [0.2, 0.25) is 0 Å². The van der Waals surface area contributed by atoms with Crippen LogP contribution in [0.3, 0.4) is 0 Å². The number of esters is 1. The summed E-state index contributed by atoms with van der Waals surface area (Å²) in [5.74, 6) is -0.0149. The van der Waals surface area contributed by atoms with Crippen molar-refractivity contribution in [2.45, 2.75) is 50.0 Å². The topological polar surface area (TPSA) is 26.3 Å². The molecule has 0 bridgehead atoms. The van der Waals surface area contributed by atoms with Crippen molar-refractivity contribution in [2.24, 2.45) is 0 Å². The zero-order chi connectivity index (χ0) is 11.9. The molecule has 2 heteroatoms. The third-order valence-electron chi connectivity index (χ3n) is 4.38. The minimum absolute atomic E-state index is 0.0149. The molecule has 2 aliphatic rings. The Morgan fingerprint density at radius 2 is 2.06 bits per heavy atom. The summed E-state index contributed by atoms with van der Waals surface area (Å²) in [5.41, 5.74) is 1.29. The maximum Gasteiger partial charge on any atom is 0.306 e. The molecule has 0 unspecified atom stereocenters. The van der Waals surface area contributed by atoms with Crippen LogP contribution in [0.4, 0.5) is 0 Å². The van der Waals surface area contributed by atoms with Crippen LogP contribution in [0.25, 0.3) is 0 Å². The molecule has 1 saturated heterocycles. The second-order valence-electron chi connectivity index (χ2n) is 5.34. The first-order chi connectivity index (χ1) is 8.22. The van der Waals surface area contributed by atoms with Crippen molar-refractivity contribution in [3.05, 3.63) is 35.9 Å². The van der Waals surface area contributed by atoms with E-state index in [0.29, 0.717) is 6.42 Å². The Balaban J connectivity index is 1.95. The van der Waals surface area contributed by atoms with Crippen LogP contribution in [0.1, 0.15) is 44.6 Å². The Kier molecular flexibility index (Phi) is 2.29. The van der Waals surface area contributed by atoms with Crippen LogP contribution >= 0.6 is 0 Å². The molecule has 1 aromatic rings. The maximum absolute atomic E-state index is 11.4. The molecule has 1 aliphatic carbocycles. The lowest BCUT2D eigenvalue weighted by molar-refractivity contribution is -0.143. The zero-order valence-corrected chi connectivity index (χ0v) is 10.2. The number of carbonyl (C=O) groups excluding carboxylic acids is 1. The molecule has 17 heavy (non-hydrogen) atoms. The highest BCUT2D eigenvalue weighted by Crippen LogP contribution is 2.66. The molecule has 0 amide bonds. The lowest BCUT2D eigenvalue weighted by Gasteiger charge is -2.21. The Morgan fingerprint density at radius 3 is 2.65 bits per heavy atom. The fourth-order valence-corrected chi connectivity index (χ4v) is 3.54. The van der Waals surface area contributed by atoms with Gasteiger partial charge in [0.25, 0.3) is 0 Å². The van der Waals surface area contributed by atoms with Crippen LogP contribution in [-0.2, 0) is 14.9 Å². The fourth-order valence-electron chi connectivity index (χ4n) is 3.54. The number of carbonyl (C=O) groups is 1. The van der Waals surface area contributed by atoms with Crippen molar-refractivity contribution in [3.63, 3.8) is 0 Å². The molecule has 1 saturated carbocycles. The van der Waals surface area contributed by atoms with Gasteiger partial charge in [-0.05, 0) is 18.4 Å². The van der Waals surface area contributed by atoms with Gasteiger partial charge in [0.1, 0.15) is 5.60 Å². The highest BCUT2D eigenvalue weighted by atomic mass is 16.6. The van der Waals surface area contributed by atoms with E-state index in [4.69, 9.17) is 4.74 Å². The highest BCUT2D eigenvalue weighted by molar-refractivity contribution is 5.74. The first-order valence-corrected chi connectivity index (χ1v) is 6.50. The van der Waals surface area contributed by atoms with E-state index in [9.17, 15) is 4.79 Å². The number of rotatable bonds is 3. The van der Waals surface area contributed by atoms with E-state index in [0.717, 1.165) is 25.7 Å². The lowest BCUT2D eigenvalue weighted by Crippen LogP contribution is -2.24. The van der Waals surface area contributed by atoms with Crippen molar-refractivity contribution >= 4 is 5.97 Å². The highest BCUT2D eigenvalue weighted by Gasteiger charge is 2.72. The van der Waals surface area contributed by atoms with Gasteiger partial charge in [-0.2, -0.15) is 0 Å². The van der Waals surface area contributed by atoms with E-state index in [1.165, 1.54) is 5.56 Å². The summed E-state index contributed by atoms with van der Waals surface area (Å²) in [6.07, 6.45) is 4.76. The minimum Gasteiger partial charge on any atom is -0.458 e. The predicted molar refractivity (Wildman–Crippen MR) is 65.7 cm³/mol. The van der Waals surface area contributed by atoms with Gasteiger partial charge in [-0.3, -0.25) is 4.79 Å². The smallest absolute Gasteiger partial charge is 0.306 e. The molecule has 1 heterocycles. The third kappa shape index (κ3) is 1.43. The number of hydrogen-bond donors (Lipinski definition) is 0. The quantitative estimate of drug-likeness (QED) is 0.745. The molecule has 2 atom stereocenters. The summed E-state index contributed by atoms with van der Waals surface area (Å²) in [4.78, 5) is 11.4. The molecule has 2 fully saturated rings. The summed E-state index contributed by atoms with van der Waals surface area (Å²) in [6, 6.07) is 10.6. The number of ether oxygens (including phenoxy) is 1. The zero-order valence-electron chi connectivity index (χ0n) is 10.2. The van der Waals surface area contributed by atoms with E-state index in [1.54, 1.807) is 0 Å². The SMILES string of the molecule is CCC[C@]1(c2ccccc2)C[C@@]12CCC(=O)O2. The summed E-state index contributed by atoms with van der Waals surface area (Å²) < 4.78 is 5.64. The van der Waals surface area contributed by atoms with Gasteiger partial charge < -0.3 is 4.74 Å². The molecule has 0 radical (unpaired) electrons. The summed E-state index contributed by atoms with van der Waals surface area (Å²) >= 11 is 0. The number of hydrogen-bond acceptors (Lipinski definition) is 2. The lowest BCUT2D eigenvalue weighted by atomic mass is 9.86. The van der Waals surface area contributed by atoms with Gasteiger partial charge in [0.05, 0.1) is 0 Å². The molecular formula is C15H18O2. The first-order valence-electron chi connectivity index (χ1n) is 6.50. The molecule has 3 rings (SSSR count). The van der Waals surface area contributed by atoms with Crippen LogP contribution in [0, 0.1) is 0 Å². The van der Waals surface area contributed by atoms with Gasteiger partial charge in [-0.25, -0.2) is 0 Å². The Bertz CT molecular complexity index is 439. The van der Waals surface area contributed by atoms with Crippen molar-refractivity contribution in [2.75, 3.05) is 0 Å². The first kappa shape index (κ1) is 10.8. The molecular weight excluding hydrogens is 212 g/mol. The average Bonchev–Trinajstić information content (AvgIpc) is 2.79. The second kappa shape index (κ2) is 3.59. The van der Waals surface area contributed by atoms with Gasteiger partial charge >= 0.3 is 5.97 Å². The molecule has 90 valence electrons. The number of benzene rings is 1. The summed E-state index contributed by atoms with van der Waals surface area (Å²) in [5, 5.41) is 0. The average molecular weight is 230 g/mol. The molecule has 1 aliphatic heterocycles. The van der Waals surface area contributed by atoms with Gasteiger partial charge in [0.2, 0.25) is 0 Å². The van der Waals surface area contributed by atoms with E-state index in [2.05, 4.69) is 31.2 Å². The van der Waals surface area contributed by atoms with Crippen molar-refractivity contribution < 1.29 is 9.53 Å². The van der Waals surface area contributed by atoms with E-state index >= 15 is 0 Å². The van der Waals surface area contributed by atoms with E-state index in [-0.39, 0.29) is 17.0 Å². The van der Waals surface area contributed by atoms with Crippen molar-refractivity contribution in [1.29, 1.82) is 0 Å². The standard InChI is InChI=1S/C15H18O2/c1-2-9-14(12-6-4-3-5-7-12)11-15(14)10-8-13(16)17-15/h3-7H,2,8-11H2,1H3/t14-,15+/m1/s1. The van der Waals surface area contributed by atoms with Crippen LogP contribution < -0.4 is 0 Å². The van der Waals surface area contributed by atoms with Gasteiger partial charge in [-0.15, -0.1) is 0 Å². The Morgan fingerprint density at radius 1 is 1.29 bits per heavy atom. The fraction of sp³-hybridized carbons (Fsp3) is 0.533. The Hall–Kier alpha value is -1.31. The molecule has 1 aromatic carbocycles. The van der Waals surface area contributed by atoms with Crippen LogP contribution in [0.15, 0.2) is 30.3 Å². The van der Waals surface area contributed by atoms with Gasteiger partial charge in [-0.1, -0.05) is 43.7 Å². The van der Waals surface area contributed by atoms with E-state index in [1.807, 2.05) is 6.07 Å². The van der Waals surface area contributed by atoms with Crippen molar-refractivity contribution in [1.82, 2.24) is 0 Å². The van der Waals surface area contributed by atoms with Gasteiger partial charge in [0, 0.05) is 18.3 Å². The predicted octanol–water partition coefficient (Wildman–Crippen LogP) is 3.20. The molecule has 2 nitrogen and oxygen atoms in total. The monoisotopic (exact) mass is 230 g/mol.